The Morgan fingerprint density at radius 2 is 1.68 bits per heavy atom. The summed E-state index contributed by atoms with van der Waals surface area (Å²) in [6.07, 6.45) is 1.91. The van der Waals surface area contributed by atoms with Crippen molar-refractivity contribution in [3.63, 3.8) is 0 Å². The number of nitrogens with zero attached hydrogens (tertiary/aromatic N) is 3. The van der Waals surface area contributed by atoms with E-state index in [9.17, 15) is 14.7 Å². The van der Waals surface area contributed by atoms with E-state index in [0.29, 0.717) is 17.7 Å². The molecule has 3 heterocycles. The summed E-state index contributed by atoms with van der Waals surface area (Å²) >= 11 is 0. The average Bonchev–Trinajstić information content (AvgIpc) is 3.53. The summed E-state index contributed by atoms with van der Waals surface area (Å²) in [5.74, 6) is -0.589. The molecular weight excluding hydrogens is 596 g/mol. The van der Waals surface area contributed by atoms with Gasteiger partial charge in [0, 0.05) is 23.7 Å². The molecule has 10 heteroatoms. The molecule has 0 spiro atoms. The average molecular weight is 639 g/mol. The maximum Gasteiger partial charge on any atom is 0.323 e. The molecule has 0 saturated carbocycles. The van der Waals surface area contributed by atoms with Crippen LogP contribution in [0.3, 0.4) is 0 Å². The van der Waals surface area contributed by atoms with Gasteiger partial charge in [0.2, 0.25) is 0 Å². The first-order chi connectivity index (χ1) is 22.6. The fraction of sp³-hybridized carbons (Fsp3) is 0.405. The van der Waals surface area contributed by atoms with Gasteiger partial charge in [0.25, 0.3) is 5.91 Å². The molecule has 47 heavy (non-hydrogen) atoms. The van der Waals surface area contributed by atoms with Crippen molar-refractivity contribution in [2.24, 2.45) is 5.92 Å². The summed E-state index contributed by atoms with van der Waals surface area (Å²) in [5, 5.41) is 12.5. The zero-order valence-electron chi connectivity index (χ0n) is 27.3. The predicted molar refractivity (Wildman–Crippen MR) is 177 cm³/mol. The molecule has 1 aromatic heterocycles. The Morgan fingerprint density at radius 1 is 0.979 bits per heavy atom. The fourth-order valence-electron chi connectivity index (χ4n) is 6.23. The van der Waals surface area contributed by atoms with Crippen molar-refractivity contribution < 1.29 is 28.9 Å². The Balaban J connectivity index is 1.20. The van der Waals surface area contributed by atoms with Crippen LogP contribution >= 0.6 is 0 Å². The zero-order valence-corrected chi connectivity index (χ0v) is 27.3. The number of fused-ring (bicyclic) bond motifs is 1. The molecule has 1 amide bonds. The molecule has 0 unspecified atom stereocenters. The number of rotatable bonds is 8. The first-order valence-electron chi connectivity index (χ1n) is 16.2. The minimum absolute atomic E-state index is 0.0345. The number of carbonyl (C=O) groups excluding carboxylic acids is 2. The third kappa shape index (κ3) is 7.68. The van der Waals surface area contributed by atoms with Crippen molar-refractivity contribution in [3.8, 4) is 0 Å². The highest BCUT2D eigenvalue weighted by molar-refractivity contribution is 6.03. The molecule has 2 fully saturated rings. The van der Waals surface area contributed by atoms with Gasteiger partial charge in [-0.3, -0.25) is 19.5 Å². The summed E-state index contributed by atoms with van der Waals surface area (Å²) in [4.78, 5) is 37.0. The van der Waals surface area contributed by atoms with Gasteiger partial charge in [-0.25, -0.2) is 4.98 Å². The number of aliphatic hydroxyl groups is 1. The highest BCUT2D eigenvalue weighted by Crippen LogP contribution is 2.42. The number of para-hydroxylation sites is 2. The molecular formula is C37H42N4O6. The third-order valence-corrected chi connectivity index (χ3v) is 8.70. The maximum atomic E-state index is 13.1. The van der Waals surface area contributed by atoms with E-state index in [1.54, 1.807) is 0 Å². The Morgan fingerprint density at radius 3 is 2.38 bits per heavy atom. The molecule has 6 rings (SSSR count). The molecule has 0 aliphatic carbocycles. The zero-order chi connectivity index (χ0) is 33.1. The molecule has 0 radical (unpaired) electrons. The van der Waals surface area contributed by atoms with Gasteiger partial charge in [0.05, 0.1) is 36.0 Å². The van der Waals surface area contributed by atoms with E-state index in [1.165, 1.54) is 6.20 Å². The van der Waals surface area contributed by atoms with Crippen molar-refractivity contribution in [2.45, 2.75) is 77.3 Å². The molecule has 5 atom stereocenters. The number of aromatic nitrogens is 2. The van der Waals surface area contributed by atoms with E-state index in [2.05, 4.69) is 27.1 Å². The van der Waals surface area contributed by atoms with Crippen molar-refractivity contribution >= 4 is 28.6 Å². The number of aliphatic hydroxyl groups excluding tert-OH is 1. The highest BCUT2D eigenvalue weighted by atomic mass is 16.7. The second-order valence-corrected chi connectivity index (χ2v) is 13.3. The van der Waals surface area contributed by atoms with E-state index in [1.807, 2.05) is 93.6 Å². The van der Waals surface area contributed by atoms with E-state index in [-0.39, 0.29) is 48.3 Å². The Labute approximate surface area is 275 Å². The summed E-state index contributed by atoms with van der Waals surface area (Å²) in [7, 11) is 0. The Bertz CT molecular complexity index is 1710. The molecule has 10 nitrogen and oxygen atoms in total. The van der Waals surface area contributed by atoms with Crippen LogP contribution in [0.15, 0.2) is 79.0 Å². The smallest absolute Gasteiger partial charge is 0.323 e. The van der Waals surface area contributed by atoms with E-state index >= 15 is 0 Å². The number of ether oxygens (including phenoxy) is 3. The standard InChI is InChI=1S/C37H42N4O6/c1-23-32(21-41-19-7-10-31(41)35(44)47-37(2,3)4)45-36(46-33(23)25-13-11-24(22-42)12-14-25)26-15-17-27(18-16-26)39-34(43)30-20-38-28-8-5-6-9-29(28)40-30/h5-6,8-9,11-18,20,23,31-33,36,42H,7,10,19,21-22H2,1-4H3,(H,39,43)/t23-,31+,32+,33+,36+/m1/s1. The molecule has 2 N–H and O–H groups in total. The number of anilines is 1. The van der Waals surface area contributed by atoms with Gasteiger partial charge in [-0.05, 0) is 75.5 Å². The number of esters is 1. The van der Waals surface area contributed by atoms with Gasteiger partial charge in [0.1, 0.15) is 17.3 Å². The lowest BCUT2D eigenvalue weighted by Crippen LogP contribution is -2.48. The molecule has 2 aliphatic rings. The first-order valence-corrected chi connectivity index (χ1v) is 16.2. The summed E-state index contributed by atoms with van der Waals surface area (Å²) in [6.45, 7) is 9.08. The summed E-state index contributed by atoms with van der Waals surface area (Å²) in [5.41, 5.74) is 4.25. The van der Waals surface area contributed by atoms with Crippen LogP contribution in [-0.4, -0.2) is 62.7 Å². The number of nitrogens with one attached hydrogen (secondary N) is 1. The van der Waals surface area contributed by atoms with Crippen LogP contribution in [0.1, 0.15) is 80.1 Å². The number of benzene rings is 3. The molecule has 2 aliphatic heterocycles. The van der Waals surface area contributed by atoms with Crippen LogP contribution in [0, 0.1) is 5.92 Å². The quantitative estimate of drug-likeness (QED) is 0.225. The van der Waals surface area contributed by atoms with Crippen molar-refractivity contribution in [2.75, 3.05) is 18.4 Å². The van der Waals surface area contributed by atoms with Crippen LogP contribution in [0.2, 0.25) is 0 Å². The number of amides is 1. The van der Waals surface area contributed by atoms with E-state index < -0.39 is 11.9 Å². The van der Waals surface area contributed by atoms with Crippen molar-refractivity contribution in [1.29, 1.82) is 0 Å². The second-order valence-electron chi connectivity index (χ2n) is 13.3. The van der Waals surface area contributed by atoms with Crippen molar-refractivity contribution in [1.82, 2.24) is 14.9 Å². The van der Waals surface area contributed by atoms with Crippen LogP contribution in [0.25, 0.3) is 11.0 Å². The Hall–Kier alpha value is -4.22. The van der Waals surface area contributed by atoms with Crippen LogP contribution in [0.4, 0.5) is 5.69 Å². The maximum absolute atomic E-state index is 13.1. The van der Waals surface area contributed by atoms with Gasteiger partial charge in [-0.2, -0.15) is 0 Å². The number of hydrogen-bond acceptors (Lipinski definition) is 9. The van der Waals surface area contributed by atoms with Gasteiger partial charge in [-0.1, -0.05) is 55.5 Å². The topological polar surface area (TPSA) is 123 Å². The van der Waals surface area contributed by atoms with Gasteiger partial charge in [-0.15, -0.1) is 0 Å². The fourth-order valence-corrected chi connectivity index (χ4v) is 6.23. The van der Waals surface area contributed by atoms with E-state index in [4.69, 9.17) is 14.2 Å². The van der Waals surface area contributed by atoms with Crippen molar-refractivity contribution in [3.05, 3.63) is 101 Å². The number of likely N-dealkylation sites (tertiary alicyclic amines) is 1. The minimum Gasteiger partial charge on any atom is -0.459 e. The SMILES string of the molecule is C[C@@H]1[C@H](CN2CCC[C@H]2C(=O)OC(C)(C)C)O[C@H](c2ccc(NC(=O)c3cnc4ccccc4n3)cc2)O[C@@H]1c1ccc(CO)cc1. The van der Waals surface area contributed by atoms with E-state index in [0.717, 1.165) is 41.6 Å². The van der Waals surface area contributed by atoms with Crippen LogP contribution in [-0.2, 0) is 25.6 Å². The Kier molecular flexibility index (Phi) is 9.65. The monoisotopic (exact) mass is 638 g/mol. The lowest BCUT2D eigenvalue weighted by Gasteiger charge is -2.43. The third-order valence-electron chi connectivity index (χ3n) is 8.70. The summed E-state index contributed by atoms with van der Waals surface area (Å²) < 4.78 is 19.0. The lowest BCUT2D eigenvalue weighted by molar-refractivity contribution is -0.276. The van der Waals surface area contributed by atoms with Gasteiger partial charge in [0.15, 0.2) is 6.29 Å². The highest BCUT2D eigenvalue weighted by Gasteiger charge is 2.42. The molecule has 246 valence electrons. The van der Waals surface area contributed by atoms with Crippen LogP contribution < -0.4 is 5.32 Å². The van der Waals surface area contributed by atoms with Gasteiger partial charge < -0.3 is 24.6 Å². The first kappa shape index (κ1) is 32.7. The molecule has 2 saturated heterocycles. The normalized spacial score (nSPS) is 23.5. The number of carbonyl (C=O) groups is 2. The predicted octanol–water partition coefficient (Wildman–Crippen LogP) is 5.97. The molecule has 4 aromatic rings. The molecule has 3 aromatic carbocycles. The second kappa shape index (κ2) is 13.9. The number of hydrogen-bond donors (Lipinski definition) is 2. The lowest BCUT2D eigenvalue weighted by atomic mass is 9.90. The van der Waals surface area contributed by atoms with Gasteiger partial charge >= 0.3 is 5.97 Å². The molecule has 0 bridgehead atoms. The largest absolute Gasteiger partial charge is 0.459 e. The summed E-state index contributed by atoms with van der Waals surface area (Å²) in [6, 6.07) is 22.3. The minimum atomic E-state index is -0.683. The van der Waals surface area contributed by atoms with Crippen LogP contribution in [0.5, 0.6) is 0 Å².